The van der Waals surface area contributed by atoms with E-state index in [1.165, 1.54) is 12.8 Å². The van der Waals surface area contributed by atoms with E-state index in [9.17, 15) is 0 Å². The lowest BCUT2D eigenvalue weighted by Crippen LogP contribution is -2.03. The van der Waals surface area contributed by atoms with E-state index in [-0.39, 0.29) is 0 Å². The first-order valence-electron chi connectivity index (χ1n) is 5.77. The van der Waals surface area contributed by atoms with Crippen LogP contribution in [0.15, 0.2) is 18.2 Å². The van der Waals surface area contributed by atoms with Crippen molar-refractivity contribution in [1.82, 2.24) is 9.55 Å². The fraction of sp³-hybridized carbons (Fsp3) is 0.385. The third kappa shape index (κ3) is 1.89. The lowest BCUT2D eigenvalue weighted by molar-refractivity contribution is 0.623. The molecule has 1 aliphatic rings. The molecule has 0 bridgehead atoms. The minimum Gasteiger partial charge on any atom is -0.327 e. The molecule has 1 saturated carbocycles. The molecule has 0 amide bonds. The number of hydrogen-bond donors (Lipinski definition) is 0. The van der Waals surface area contributed by atoms with Crippen LogP contribution >= 0.6 is 11.6 Å². The number of benzene rings is 1. The van der Waals surface area contributed by atoms with Gasteiger partial charge in [-0.25, -0.2) is 4.98 Å². The largest absolute Gasteiger partial charge is 0.327 e. The summed E-state index contributed by atoms with van der Waals surface area (Å²) >= 11 is 5.93. The van der Waals surface area contributed by atoms with Gasteiger partial charge < -0.3 is 4.57 Å². The highest BCUT2D eigenvalue weighted by atomic mass is 35.5. The Labute approximate surface area is 105 Å². The van der Waals surface area contributed by atoms with Gasteiger partial charge in [0.2, 0.25) is 0 Å². The topological polar surface area (TPSA) is 41.6 Å². The molecule has 0 unspecified atom stereocenters. The van der Waals surface area contributed by atoms with Gasteiger partial charge in [0.1, 0.15) is 5.82 Å². The van der Waals surface area contributed by atoms with E-state index in [1.54, 1.807) is 6.07 Å². The number of nitriles is 1. The van der Waals surface area contributed by atoms with Gasteiger partial charge in [-0.05, 0) is 37.0 Å². The standard InChI is InChI=1S/C13H12ClN3/c14-6-13-16-11-4-3-10(7-15)5-12(11)17(13)8-9-1-2-9/h3-5,9H,1-2,6,8H2. The van der Waals surface area contributed by atoms with Gasteiger partial charge in [-0.2, -0.15) is 5.26 Å². The van der Waals surface area contributed by atoms with Gasteiger partial charge in [-0.3, -0.25) is 0 Å². The van der Waals surface area contributed by atoms with Crippen molar-refractivity contribution in [1.29, 1.82) is 5.26 Å². The van der Waals surface area contributed by atoms with Crippen molar-refractivity contribution in [2.24, 2.45) is 5.92 Å². The predicted molar refractivity (Wildman–Crippen MR) is 66.7 cm³/mol. The van der Waals surface area contributed by atoms with Crippen LogP contribution in [0.1, 0.15) is 24.2 Å². The fourth-order valence-corrected chi connectivity index (χ4v) is 2.31. The van der Waals surface area contributed by atoms with Crippen LogP contribution in [0, 0.1) is 17.2 Å². The molecule has 4 heteroatoms. The number of alkyl halides is 1. The second kappa shape index (κ2) is 4.05. The second-order valence-corrected chi connectivity index (χ2v) is 4.80. The molecule has 0 atom stereocenters. The van der Waals surface area contributed by atoms with Gasteiger partial charge in [0, 0.05) is 6.54 Å². The summed E-state index contributed by atoms with van der Waals surface area (Å²) in [6, 6.07) is 7.77. The lowest BCUT2D eigenvalue weighted by Gasteiger charge is -2.06. The molecule has 3 rings (SSSR count). The third-order valence-electron chi connectivity index (χ3n) is 3.21. The number of hydrogen-bond acceptors (Lipinski definition) is 2. The molecule has 1 aliphatic carbocycles. The van der Waals surface area contributed by atoms with Crippen molar-refractivity contribution in [3.8, 4) is 6.07 Å². The van der Waals surface area contributed by atoms with E-state index in [4.69, 9.17) is 16.9 Å². The molecule has 3 nitrogen and oxygen atoms in total. The molecule has 0 aliphatic heterocycles. The summed E-state index contributed by atoms with van der Waals surface area (Å²) in [5.41, 5.74) is 2.64. The minimum atomic E-state index is 0.420. The number of nitrogens with zero attached hydrogens (tertiary/aromatic N) is 3. The van der Waals surface area contributed by atoms with Crippen molar-refractivity contribution < 1.29 is 0 Å². The molecule has 0 spiro atoms. The molecule has 0 radical (unpaired) electrons. The summed E-state index contributed by atoms with van der Waals surface area (Å²) in [7, 11) is 0. The van der Waals surface area contributed by atoms with Crippen LogP contribution in [0.3, 0.4) is 0 Å². The summed E-state index contributed by atoms with van der Waals surface area (Å²) in [4.78, 5) is 4.51. The Morgan fingerprint density at radius 3 is 2.94 bits per heavy atom. The fourth-order valence-electron chi connectivity index (χ4n) is 2.11. The Morgan fingerprint density at radius 1 is 1.47 bits per heavy atom. The molecular weight excluding hydrogens is 234 g/mol. The third-order valence-corrected chi connectivity index (χ3v) is 3.45. The average Bonchev–Trinajstić information content (AvgIpc) is 3.11. The monoisotopic (exact) mass is 245 g/mol. The molecular formula is C13H12ClN3. The highest BCUT2D eigenvalue weighted by molar-refractivity contribution is 6.16. The van der Waals surface area contributed by atoms with E-state index < -0.39 is 0 Å². The summed E-state index contributed by atoms with van der Waals surface area (Å²) in [6.45, 7) is 0.980. The number of fused-ring (bicyclic) bond motifs is 1. The molecule has 86 valence electrons. The van der Waals surface area contributed by atoms with Gasteiger partial charge >= 0.3 is 0 Å². The molecule has 17 heavy (non-hydrogen) atoms. The minimum absolute atomic E-state index is 0.420. The molecule has 1 fully saturated rings. The Hall–Kier alpha value is -1.53. The van der Waals surface area contributed by atoms with Gasteiger partial charge in [-0.1, -0.05) is 0 Å². The van der Waals surface area contributed by atoms with Crippen LogP contribution in [0.25, 0.3) is 11.0 Å². The van der Waals surface area contributed by atoms with E-state index in [0.29, 0.717) is 11.4 Å². The molecule has 1 aromatic carbocycles. The van der Waals surface area contributed by atoms with E-state index in [0.717, 1.165) is 29.3 Å². The van der Waals surface area contributed by atoms with Crippen molar-refractivity contribution >= 4 is 22.6 Å². The second-order valence-electron chi connectivity index (χ2n) is 4.53. The zero-order valence-corrected chi connectivity index (χ0v) is 10.1. The van der Waals surface area contributed by atoms with E-state index >= 15 is 0 Å². The maximum absolute atomic E-state index is 8.94. The first-order valence-corrected chi connectivity index (χ1v) is 6.30. The zero-order chi connectivity index (χ0) is 11.8. The summed E-state index contributed by atoms with van der Waals surface area (Å²) in [6.07, 6.45) is 2.58. The van der Waals surface area contributed by atoms with Crippen molar-refractivity contribution in [3.05, 3.63) is 29.6 Å². The van der Waals surface area contributed by atoms with Gasteiger partial charge in [0.05, 0.1) is 28.5 Å². The van der Waals surface area contributed by atoms with Gasteiger partial charge in [-0.15, -0.1) is 11.6 Å². The summed E-state index contributed by atoms with van der Waals surface area (Å²) < 4.78 is 2.17. The first kappa shape index (κ1) is 10.6. The molecule has 2 aromatic rings. The van der Waals surface area contributed by atoms with Crippen LogP contribution in [-0.2, 0) is 12.4 Å². The lowest BCUT2D eigenvalue weighted by atomic mass is 10.2. The molecule has 1 heterocycles. The molecule has 0 saturated heterocycles. The maximum Gasteiger partial charge on any atom is 0.124 e. The van der Waals surface area contributed by atoms with Crippen molar-refractivity contribution in [2.45, 2.75) is 25.3 Å². The normalized spacial score (nSPS) is 15.1. The Bertz CT molecular complexity index is 605. The van der Waals surface area contributed by atoms with Crippen molar-refractivity contribution in [2.75, 3.05) is 0 Å². The molecule has 0 N–H and O–H groups in total. The average molecular weight is 246 g/mol. The summed E-state index contributed by atoms with van der Waals surface area (Å²) in [5, 5.41) is 8.94. The SMILES string of the molecule is N#Cc1ccc2nc(CCl)n(CC3CC3)c2c1. The van der Waals surface area contributed by atoms with Crippen molar-refractivity contribution in [3.63, 3.8) is 0 Å². The Kier molecular flexibility index (Phi) is 2.53. The highest BCUT2D eigenvalue weighted by Crippen LogP contribution is 2.32. The Morgan fingerprint density at radius 2 is 2.29 bits per heavy atom. The predicted octanol–water partition coefficient (Wildman–Crippen LogP) is 3.06. The Balaban J connectivity index is 2.16. The summed E-state index contributed by atoms with van der Waals surface area (Å²) in [5.74, 6) is 2.09. The van der Waals surface area contributed by atoms with Crippen LogP contribution < -0.4 is 0 Å². The zero-order valence-electron chi connectivity index (χ0n) is 9.36. The highest BCUT2D eigenvalue weighted by Gasteiger charge is 2.24. The van der Waals surface area contributed by atoms with Crippen LogP contribution in [0.4, 0.5) is 0 Å². The number of halogens is 1. The van der Waals surface area contributed by atoms with Crippen LogP contribution in [-0.4, -0.2) is 9.55 Å². The number of imidazole rings is 1. The van der Waals surface area contributed by atoms with Gasteiger partial charge in [0.25, 0.3) is 0 Å². The first-order chi connectivity index (χ1) is 8.31. The smallest absolute Gasteiger partial charge is 0.124 e. The van der Waals surface area contributed by atoms with Crippen LogP contribution in [0.5, 0.6) is 0 Å². The number of rotatable bonds is 3. The van der Waals surface area contributed by atoms with Crippen LogP contribution in [0.2, 0.25) is 0 Å². The number of aromatic nitrogens is 2. The van der Waals surface area contributed by atoms with E-state index in [2.05, 4.69) is 15.6 Å². The maximum atomic E-state index is 8.94. The molecule has 1 aromatic heterocycles. The van der Waals surface area contributed by atoms with Gasteiger partial charge in [0.15, 0.2) is 0 Å². The quantitative estimate of drug-likeness (QED) is 0.780. The van der Waals surface area contributed by atoms with E-state index in [1.807, 2.05) is 12.1 Å².